The third-order valence-corrected chi connectivity index (χ3v) is 5.29. The molecule has 0 spiro atoms. The lowest BCUT2D eigenvalue weighted by Gasteiger charge is -2.26. The van der Waals surface area contributed by atoms with Crippen molar-refractivity contribution in [1.29, 1.82) is 0 Å². The molecule has 0 radical (unpaired) electrons. The number of urea groups is 1. The van der Waals surface area contributed by atoms with Crippen LogP contribution < -0.4 is 10.6 Å². The van der Waals surface area contributed by atoms with Gasteiger partial charge in [0.15, 0.2) is 0 Å². The van der Waals surface area contributed by atoms with Crippen molar-refractivity contribution in [2.45, 2.75) is 31.8 Å². The smallest absolute Gasteiger partial charge is 0.320 e. The number of likely N-dealkylation sites (tertiary alicyclic amines) is 1. The molecular weight excluding hydrogens is 358 g/mol. The number of carbonyl (C=O) groups excluding carboxylic acids is 2. The first kappa shape index (κ1) is 18.4. The summed E-state index contributed by atoms with van der Waals surface area (Å²) in [5.74, 6) is 0.616. The van der Waals surface area contributed by atoms with Gasteiger partial charge < -0.3 is 15.7 Å². The minimum absolute atomic E-state index is 0.00355. The van der Waals surface area contributed by atoms with Gasteiger partial charge in [-0.05, 0) is 42.5 Å². The number of nitrogens with zero attached hydrogens (tertiary/aromatic N) is 4. The lowest BCUT2D eigenvalue weighted by molar-refractivity contribution is -0.129. The molecule has 2 aliphatic heterocycles. The van der Waals surface area contributed by atoms with Crippen LogP contribution in [-0.4, -0.2) is 57.7 Å². The first-order valence-electron chi connectivity index (χ1n) is 9.47. The van der Waals surface area contributed by atoms with E-state index in [1.807, 2.05) is 12.1 Å². The summed E-state index contributed by atoms with van der Waals surface area (Å²) in [5.41, 5.74) is 9.01. The molecule has 0 saturated carbocycles. The molecule has 8 nitrogen and oxygen atoms in total. The van der Waals surface area contributed by atoms with Gasteiger partial charge in [0.2, 0.25) is 5.91 Å². The van der Waals surface area contributed by atoms with Gasteiger partial charge in [-0.2, -0.15) is 0 Å². The summed E-state index contributed by atoms with van der Waals surface area (Å²) in [5, 5.41) is 9.61. The SMILES string of the molecule is NC(=O)N1CCCc2cc(-c3cncc(CC(=O)N4CC[C@H](O)C4)c3)cnc21. The van der Waals surface area contributed by atoms with Gasteiger partial charge in [0.05, 0.1) is 12.5 Å². The van der Waals surface area contributed by atoms with Gasteiger partial charge in [-0.1, -0.05) is 0 Å². The molecule has 2 aromatic rings. The molecule has 146 valence electrons. The molecule has 0 unspecified atom stereocenters. The van der Waals surface area contributed by atoms with E-state index >= 15 is 0 Å². The maximum Gasteiger partial charge on any atom is 0.320 e. The van der Waals surface area contributed by atoms with Crippen molar-refractivity contribution in [1.82, 2.24) is 14.9 Å². The van der Waals surface area contributed by atoms with Crippen LogP contribution in [0.15, 0.2) is 30.7 Å². The fourth-order valence-electron chi connectivity index (χ4n) is 3.83. The maximum absolute atomic E-state index is 12.4. The van der Waals surface area contributed by atoms with Crippen molar-refractivity contribution in [2.75, 3.05) is 24.5 Å². The molecule has 0 aliphatic carbocycles. The Hall–Kier alpha value is -3.00. The molecule has 3 N–H and O–H groups in total. The predicted octanol–water partition coefficient (Wildman–Crippen LogP) is 1.11. The zero-order valence-electron chi connectivity index (χ0n) is 15.5. The van der Waals surface area contributed by atoms with Crippen LogP contribution in [0.4, 0.5) is 10.6 Å². The summed E-state index contributed by atoms with van der Waals surface area (Å²) in [6.07, 6.45) is 7.28. The normalized spacial score (nSPS) is 18.8. The van der Waals surface area contributed by atoms with Crippen LogP contribution >= 0.6 is 0 Å². The number of pyridine rings is 2. The van der Waals surface area contributed by atoms with E-state index in [0.29, 0.717) is 31.9 Å². The number of hydrogen-bond acceptors (Lipinski definition) is 5. The first-order valence-corrected chi connectivity index (χ1v) is 9.47. The second-order valence-electron chi connectivity index (χ2n) is 7.34. The third kappa shape index (κ3) is 3.68. The van der Waals surface area contributed by atoms with Crippen LogP contribution in [0.5, 0.6) is 0 Å². The zero-order chi connectivity index (χ0) is 19.7. The topological polar surface area (TPSA) is 113 Å². The average molecular weight is 381 g/mol. The number of β-amino-alcohol motifs (C(OH)–C–C–N with tert-alkyl or cyclic N) is 1. The largest absolute Gasteiger partial charge is 0.391 e. The summed E-state index contributed by atoms with van der Waals surface area (Å²) < 4.78 is 0. The van der Waals surface area contributed by atoms with E-state index in [0.717, 1.165) is 35.1 Å². The Kier molecular flexibility index (Phi) is 4.95. The molecule has 1 fully saturated rings. The van der Waals surface area contributed by atoms with Gasteiger partial charge >= 0.3 is 6.03 Å². The van der Waals surface area contributed by atoms with Gasteiger partial charge in [-0.15, -0.1) is 0 Å². The van der Waals surface area contributed by atoms with Crippen molar-refractivity contribution in [2.24, 2.45) is 5.73 Å². The number of rotatable bonds is 3. The Balaban J connectivity index is 1.54. The fourth-order valence-corrected chi connectivity index (χ4v) is 3.83. The maximum atomic E-state index is 12.4. The first-order chi connectivity index (χ1) is 13.5. The Bertz CT molecular complexity index is 916. The molecule has 4 rings (SSSR count). The van der Waals surface area contributed by atoms with Crippen LogP contribution in [0.2, 0.25) is 0 Å². The molecular formula is C20H23N5O3. The summed E-state index contributed by atoms with van der Waals surface area (Å²) in [4.78, 5) is 35.9. The fraction of sp³-hybridized carbons (Fsp3) is 0.400. The van der Waals surface area contributed by atoms with E-state index in [4.69, 9.17) is 5.73 Å². The highest BCUT2D eigenvalue weighted by Crippen LogP contribution is 2.29. The van der Waals surface area contributed by atoms with E-state index in [-0.39, 0.29) is 12.3 Å². The molecule has 8 heteroatoms. The number of aromatic nitrogens is 2. The minimum Gasteiger partial charge on any atom is -0.391 e. The molecule has 28 heavy (non-hydrogen) atoms. The average Bonchev–Trinajstić information content (AvgIpc) is 3.13. The predicted molar refractivity (Wildman–Crippen MR) is 104 cm³/mol. The van der Waals surface area contributed by atoms with Crippen molar-refractivity contribution >= 4 is 17.8 Å². The lowest BCUT2D eigenvalue weighted by atomic mass is 10.0. The second-order valence-corrected chi connectivity index (χ2v) is 7.34. The molecule has 2 aromatic heterocycles. The van der Waals surface area contributed by atoms with Gasteiger partial charge in [0.25, 0.3) is 0 Å². The number of primary amides is 1. The van der Waals surface area contributed by atoms with Crippen LogP contribution in [0.1, 0.15) is 24.0 Å². The standard InChI is InChI=1S/C20H23N5O3/c21-20(28)25-4-1-2-14-8-16(11-23-19(14)25)15-6-13(9-22-10-15)7-18(27)24-5-3-17(26)12-24/h6,8-11,17,26H,1-5,7,12H2,(H2,21,28)/t17-/m0/s1. The van der Waals surface area contributed by atoms with Gasteiger partial charge in [-0.25, -0.2) is 9.78 Å². The summed E-state index contributed by atoms with van der Waals surface area (Å²) in [6.45, 7) is 1.58. The van der Waals surface area contributed by atoms with Crippen molar-refractivity contribution < 1.29 is 14.7 Å². The van der Waals surface area contributed by atoms with Crippen LogP contribution in [0.3, 0.4) is 0 Å². The summed E-state index contributed by atoms with van der Waals surface area (Å²) in [6, 6.07) is 3.46. The second kappa shape index (κ2) is 7.55. The Morgan fingerprint density at radius 1 is 1.18 bits per heavy atom. The molecule has 0 bridgehead atoms. The number of amides is 3. The van der Waals surface area contributed by atoms with Crippen LogP contribution in [0.25, 0.3) is 11.1 Å². The highest BCUT2D eigenvalue weighted by atomic mass is 16.3. The zero-order valence-corrected chi connectivity index (χ0v) is 15.5. The number of fused-ring (bicyclic) bond motifs is 1. The Morgan fingerprint density at radius 3 is 2.75 bits per heavy atom. The number of nitrogens with two attached hydrogens (primary N) is 1. The highest BCUT2D eigenvalue weighted by Gasteiger charge is 2.25. The van der Waals surface area contributed by atoms with E-state index in [2.05, 4.69) is 9.97 Å². The van der Waals surface area contributed by atoms with Crippen LogP contribution in [-0.2, 0) is 17.6 Å². The molecule has 1 atom stereocenters. The summed E-state index contributed by atoms with van der Waals surface area (Å²) in [7, 11) is 0. The van der Waals surface area contributed by atoms with E-state index in [1.54, 1.807) is 23.5 Å². The molecule has 1 saturated heterocycles. The van der Waals surface area contributed by atoms with E-state index < -0.39 is 12.1 Å². The number of anilines is 1. The number of aryl methyl sites for hydroxylation is 1. The molecule has 4 heterocycles. The number of hydrogen-bond donors (Lipinski definition) is 2. The Morgan fingerprint density at radius 2 is 2.00 bits per heavy atom. The third-order valence-electron chi connectivity index (χ3n) is 5.29. The number of aliphatic hydroxyl groups excluding tert-OH is 1. The van der Waals surface area contributed by atoms with E-state index in [9.17, 15) is 14.7 Å². The van der Waals surface area contributed by atoms with Gasteiger partial charge in [-0.3, -0.25) is 14.7 Å². The van der Waals surface area contributed by atoms with Crippen molar-refractivity contribution in [3.05, 3.63) is 41.9 Å². The van der Waals surface area contributed by atoms with Crippen molar-refractivity contribution in [3.8, 4) is 11.1 Å². The number of aliphatic hydroxyl groups is 1. The van der Waals surface area contributed by atoms with Gasteiger partial charge in [0, 0.05) is 49.4 Å². The van der Waals surface area contributed by atoms with Crippen molar-refractivity contribution in [3.63, 3.8) is 0 Å². The molecule has 0 aromatic carbocycles. The molecule has 2 aliphatic rings. The summed E-state index contributed by atoms with van der Waals surface area (Å²) >= 11 is 0. The van der Waals surface area contributed by atoms with E-state index in [1.165, 1.54) is 4.90 Å². The van der Waals surface area contributed by atoms with Gasteiger partial charge in [0.1, 0.15) is 5.82 Å². The Labute approximate surface area is 163 Å². The highest BCUT2D eigenvalue weighted by molar-refractivity contribution is 5.91. The quantitative estimate of drug-likeness (QED) is 0.827. The lowest BCUT2D eigenvalue weighted by Crippen LogP contribution is -2.40. The number of carbonyl (C=O) groups is 2. The minimum atomic E-state index is -0.490. The monoisotopic (exact) mass is 381 g/mol. The van der Waals surface area contributed by atoms with Crippen LogP contribution in [0, 0.1) is 0 Å². The molecule has 3 amide bonds.